The topological polar surface area (TPSA) is 3.88 Å². The minimum Gasteiger partial charge on any atom is -0.202 e. The van der Waals surface area contributed by atoms with Crippen LogP contribution in [0.25, 0.3) is 0 Å². The molecule has 0 atom stereocenters. The van der Waals surface area contributed by atoms with Crippen molar-refractivity contribution in [1.82, 2.24) is 0 Å². The fraction of sp³-hybridized carbons (Fsp3) is 0.853. The van der Waals surface area contributed by atoms with E-state index in [-0.39, 0.29) is 0 Å². The van der Waals surface area contributed by atoms with Gasteiger partial charge in [0.1, 0.15) is 0 Å². The van der Waals surface area contributed by atoms with E-state index in [4.69, 9.17) is 0 Å². The van der Waals surface area contributed by atoms with Gasteiger partial charge in [0, 0.05) is 25.0 Å². The minimum atomic E-state index is 0.711. The Bertz CT molecular complexity index is 483. The van der Waals surface area contributed by atoms with Crippen molar-refractivity contribution >= 4 is 0 Å². The van der Waals surface area contributed by atoms with Crippen molar-refractivity contribution in [3.63, 3.8) is 0 Å². The molecule has 0 aliphatic heterocycles. The fourth-order valence-electron chi connectivity index (χ4n) is 5.54. The van der Waals surface area contributed by atoms with Crippen LogP contribution in [0.5, 0.6) is 0 Å². The van der Waals surface area contributed by atoms with Crippen LogP contribution in [-0.4, -0.2) is 0 Å². The van der Waals surface area contributed by atoms with E-state index in [1.54, 1.807) is 0 Å². The molecule has 1 aromatic rings. The van der Waals surface area contributed by atoms with E-state index in [0.29, 0.717) is 6.04 Å². The molecule has 0 unspecified atom stereocenters. The van der Waals surface area contributed by atoms with E-state index in [9.17, 15) is 0 Å². The molecule has 0 radical (unpaired) electrons. The summed E-state index contributed by atoms with van der Waals surface area (Å²) in [5.74, 6) is 0. The number of rotatable bonds is 27. The van der Waals surface area contributed by atoms with Crippen LogP contribution < -0.4 is 4.57 Å². The Balaban J connectivity index is 2.04. The standard InChI is InChI=1S/C34H64N/c1-3-5-7-9-11-13-15-17-19-21-23-26-30-34(35-32-28-25-29-33-35)31-27-24-22-20-18-16-14-12-10-8-6-4-2/h25,28-29,32-34H,3-24,26-27,30-31H2,1-2H3/q+1. The van der Waals surface area contributed by atoms with Crippen molar-refractivity contribution < 1.29 is 4.57 Å². The van der Waals surface area contributed by atoms with Gasteiger partial charge in [-0.1, -0.05) is 161 Å². The second-order valence-electron chi connectivity index (χ2n) is 11.3. The third kappa shape index (κ3) is 21.0. The SMILES string of the molecule is CCCCCCCCCCCCCCC(CCCCCCCCCCCCCC)[n+]1ccccc1. The Morgan fingerprint density at radius 1 is 0.371 bits per heavy atom. The number of hydrogen-bond acceptors (Lipinski definition) is 0. The molecule has 0 N–H and O–H groups in total. The highest BCUT2D eigenvalue weighted by atomic mass is 15.0. The lowest BCUT2D eigenvalue weighted by atomic mass is 9.99. The summed E-state index contributed by atoms with van der Waals surface area (Å²) in [5.41, 5.74) is 0. The van der Waals surface area contributed by atoms with Crippen molar-refractivity contribution in [2.45, 2.75) is 187 Å². The molecule has 204 valence electrons. The molecule has 1 aromatic heterocycles. The fourth-order valence-corrected chi connectivity index (χ4v) is 5.54. The second kappa shape index (κ2) is 26.2. The molecule has 1 heteroatoms. The van der Waals surface area contributed by atoms with E-state index in [0.717, 1.165) is 0 Å². The molecule has 0 bridgehead atoms. The van der Waals surface area contributed by atoms with Crippen molar-refractivity contribution in [2.75, 3.05) is 0 Å². The van der Waals surface area contributed by atoms with Crippen LogP contribution >= 0.6 is 0 Å². The van der Waals surface area contributed by atoms with Crippen LogP contribution in [0.3, 0.4) is 0 Å². The molecule has 1 rings (SSSR count). The number of unbranched alkanes of at least 4 members (excludes halogenated alkanes) is 22. The Kier molecular flexibility index (Phi) is 24.1. The number of aromatic nitrogens is 1. The van der Waals surface area contributed by atoms with Gasteiger partial charge in [-0.2, -0.15) is 0 Å². The summed E-state index contributed by atoms with van der Waals surface area (Å²) < 4.78 is 2.50. The average molecular weight is 487 g/mol. The van der Waals surface area contributed by atoms with Crippen LogP contribution in [-0.2, 0) is 0 Å². The predicted octanol–water partition coefficient (Wildman–Crippen LogP) is 11.7. The van der Waals surface area contributed by atoms with Crippen LogP contribution in [0.4, 0.5) is 0 Å². The maximum Gasteiger partial charge on any atom is 0.169 e. The first-order valence-corrected chi connectivity index (χ1v) is 16.3. The molecular formula is C34H64N+. The molecule has 0 saturated heterocycles. The predicted molar refractivity (Wildman–Crippen MR) is 157 cm³/mol. The molecular weight excluding hydrogens is 422 g/mol. The lowest BCUT2D eigenvalue weighted by molar-refractivity contribution is -0.724. The van der Waals surface area contributed by atoms with Crippen LogP contribution in [0.15, 0.2) is 30.6 Å². The molecule has 0 saturated carbocycles. The summed E-state index contributed by atoms with van der Waals surface area (Å²) in [4.78, 5) is 0. The maximum atomic E-state index is 2.50. The zero-order valence-corrected chi connectivity index (χ0v) is 24.3. The van der Waals surface area contributed by atoms with Gasteiger partial charge in [0.05, 0.1) is 0 Å². The van der Waals surface area contributed by atoms with Crippen LogP contribution in [0.1, 0.15) is 187 Å². The van der Waals surface area contributed by atoms with E-state index < -0.39 is 0 Å². The highest BCUT2D eigenvalue weighted by Gasteiger charge is 2.16. The van der Waals surface area contributed by atoms with Gasteiger partial charge >= 0.3 is 0 Å². The molecule has 1 heterocycles. The summed E-state index contributed by atoms with van der Waals surface area (Å²) in [6, 6.07) is 7.28. The maximum absolute atomic E-state index is 2.50. The monoisotopic (exact) mass is 487 g/mol. The van der Waals surface area contributed by atoms with Crippen molar-refractivity contribution in [2.24, 2.45) is 0 Å². The zero-order chi connectivity index (χ0) is 25.1. The van der Waals surface area contributed by atoms with E-state index >= 15 is 0 Å². The van der Waals surface area contributed by atoms with Gasteiger partial charge in [-0.3, -0.25) is 0 Å². The normalized spacial score (nSPS) is 11.5. The van der Waals surface area contributed by atoms with Crippen molar-refractivity contribution in [3.8, 4) is 0 Å². The van der Waals surface area contributed by atoms with Gasteiger partial charge in [-0.25, -0.2) is 4.57 Å². The Morgan fingerprint density at radius 2 is 0.657 bits per heavy atom. The van der Waals surface area contributed by atoms with Gasteiger partial charge in [0.25, 0.3) is 0 Å². The highest BCUT2D eigenvalue weighted by Crippen LogP contribution is 2.20. The summed E-state index contributed by atoms with van der Waals surface area (Å²) in [5, 5.41) is 0. The molecule has 0 amide bonds. The smallest absolute Gasteiger partial charge is 0.169 e. The second-order valence-corrected chi connectivity index (χ2v) is 11.3. The van der Waals surface area contributed by atoms with Crippen LogP contribution in [0.2, 0.25) is 0 Å². The Hall–Kier alpha value is -0.850. The van der Waals surface area contributed by atoms with Gasteiger partial charge in [-0.15, -0.1) is 0 Å². The summed E-state index contributed by atoms with van der Waals surface area (Å²) in [7, 11) is 0. The Morgan fingerprint density at radius 3 is 0.971 bits per heavy atom. The first-order chi connectivity index (χ1) is 17.4. The van der Waals surface area contributed by atoms with Gasteiger partial charge in [0.15, 0.2) is 18.4 Å². The first-order valence-electron chi connectivity index (χ1n) is 16.3. The third-order valence-electron chi connectivity index (χ3n) is 7.94. The molecule has 0 aromatic carbocycles. The Labute approximate surface area is 221 Å². The van der Waals surface area contributed by atoms with E-state index in [1.807, 2.05) is 0 Å². The van der Waals surface area contributed by atoms with Crippen LogP contribution in [0, 0.1) is 0 Å². The summed E-state index contributed by atoms with van der Waals surface area (Å²) in [6.07, 6.45) is 41.9. The molecule has 0 spiro atoms. The van der Waals surface area contributed by atoms with Crippen molar-refractivity contribution in [1.29, 1.82) is 0 Å². The molecule has 0 aliphatic rings. The summed E-state index contributed by atoms with van der Waals surface area (Å²) in [6.45, 7) is 4.61. The average Bonchev–Trinajstić information content (AvgIpc) is 2.89. The largest absolute Gasteiger partial charge is 0.202 e. The summed E-state index contributed by atoms with van der Waals surface area (Å²) >= 11 is 0. The third-order valence-corrected chi connectivity index (χ3v) is 7.94. The first kappa shape index (κ1) is 32.2. The van der Waals surface area contributed by atoms with Gasteiger partial charge in [-0.05, 0) is 12.8 Å². The zero-order valence-electron chi connectivity index (χ0n) is 24.3. The lowest BCUT2D eigenvalue weighted by Gasteiger charge is -2.13. The van der Waals surface area contributed by atoms with E-state index in [2.05, 4.69) is 49.0 Å². The van der Waals surface area contributed by atoms with E-state index in [1.165, 1.54) is 167 Å². The lowest BCUT2D eigenvalue weighted by Crippen LogP contribution is -2.38. The molecule has 35 heavy (non-hydrogen) atoms. The molecule has 0 aliphatic carbocycles. The van der Waals surface area contributed by atoms with Gasteiger partial charge < -0.3 is 0 Å². The number of nitrogens with zero attached hydrogens (tertiary/aromatic N) is 1. The minimum absolute atomic E-state index is 0.711. The quantitative estimate of drug-likeness (QED) is 0.0859. The highest BCUT2D eigenvalue weighted by molar-refractivity contribution is 4.84. The number of pyridine rings is 1. The molecule has 1 nitrogen and oxygen atoms in total. The van der Waals surface area contributed by atoms with Gasteiger partial charge in [0.2, 0.25) is 0 Å². The number of hydrogen-bond donors (Lipinski definition) is 0. The van der Waals surface area contributed by atoms with Crippen molar-refractivity contribution in [3.05, 3.63) is 30.6 Å². The molecule has 0 fully saturated rings.